The molecule has 2 rings (SSSR count). The van der Waals surface area contributed by atoms with Crippen molar-refractivity contribution in [3.05, 3.63) is 35.9 Å². The molecule has 1 aromatic rings. The maximum atomic E-state index is 12.6. The minimum atomic E-state index is -3.49. The SMILES string of the molecule is CC(C)(C)OC(=O)N(Cc1ccccc1)C1CC(=O)CS(=O)(=O)C1. The van der Waals surface area contributed by atoms with Gasteiger partial charge in [-0.05, 0) is 26.3 Å². The lowest BCUT2D eigenvalue weighted by molar-refractivity contribution is -0.118. The highest BCUT2D eigenvalue weighted by molar-refractivity contribution is 7.92. The molecule has 1 aliphatic heterocycles. The molecule has 1 atom stereocenters. The van der Waals surface area contributed by atoms with Gasteiger partial charge in [0.05, 0.1) is 11.8 Å². The van der Waals surface area contributed by atoms with Crippen LogP contribution < -0.4 is 0 Å². The Morgan fingerprint density at radius 2 is 1.88 bits per heavy atom. The van der Waals surface area contributed by atoms with Crippen molar-refractivity contribution in [1.82, 2.24) is 4.90 Å². The fourth-order valence-electron chi connectivity index (χ4n) is 2.62. The van der Waals surface area contributed by atoms with Crippen molar-refractivity contribution in [3.63, 3.8) is 0 Å². The average molecular weight is 353 g/mol. The molecule has 0 aliphatic carbocycles. The Balaban J connectivity index is 2.28. The molecule has 1 aliphatic rings. The van der Waals surface area contributed by atoms with Crippen LogP contribution in [0.15, 0.2) is 30.3 Å². The molecular formula is C17H23NO5S. The van der Waals surface area contributed by atoms with Gasteiger partial charge in [0.15, 0.2) is 9.84 Å². The monoisotopic (exact) mass is 353 g/mol. The van der Waals surface area contributed by atoms with Crippen LogP contribution in [0.1, 0.15) is 32.8 Å². The number of hydrogen-bond donors (Lipinski definition) is 0. The summed E-state index contributed by atoms with van der Waals surface area (Å²) in [7, 11) is -3.49. The lowest BCUT2D eigenvalue weighted by Crippen LogP contribution is -2.50. The minimum absolute atomic E-state index is 0.0330. The van der Waals surface area contributed by atoms with Gasteiger partial charge < -0.3 is 4.74 Å². The Labute approximate surface area is 142 Å². The van der Waals surface area contributed by atoms with Gasteiger partial charge in [-0.3, -0.25) is 9.69 Å². The van der Waals surface area contributed by atoms with E-state index in [9.17, 15) is 18.0 Å². The molecule has 6 nitrogen and oxygen atoms in total. The Hall–Kier alpha value is -1.89. The first-order valence-corrected chi connectivity index (χ1v) is 9.63. The molecule has 7 heteroatoms. The molecule has 0 radical (unpaired) electrons. The zero-order chi connectivity index (χ0) is 18.0. The summed E-state index contributed by atoms with van der Waals surface area (Å²) in [6, 6.07) is 8.52. The molecule has 0 N–H and O–H groups in total. The van der Waals surface area contributed by atoms with Gasteiger partial charge in [0, 0.05) is 13.0 Å². The first-order valence-electron chi connectivity index (χ1n) is 7.81. The molecule has 1 unspecified atom stereocenters. The fraction of sp³-hybridized carbons (Fsp3) is 0.529. The van der Waals surface area contributed by atoms with Gasteiger partial charge in [0.25, 0.3) is 0 Å². The summed E-state index contributed by atoms with van der Waals surface area (Å²) in [5.74, 6) is -1.03. The molecule has 0 bridgehead atoms. The number of ketones is 1. The van der Waals surface area contributed by atoms with E-state index in [0.717, 1.165) is 5.56 Å². The van der Waals surface area contributed by atoms with Crippen LogP contribution in [-0.2, 0) is 25.9 Å². The van der Waals surface area contributed by atoms with E-state index in [0.29, 0.717) is 0 Å². The van der Waals surface area contributed by atoms with Crippen molar-refractivity contribution in [1.29, 1.82) is 0 Å². The summed E-state index contributed by atoms with van der Waals surface area (Å²) in [5, 5.41) is 0. The first-order chi connectivity index (χ1) is 11.1. The standard InChI is InChI=1S/C17H23NO5S/c1-17(2,3)23-16(20)18(10-13-7-5-4-6-8-13)14-9-15(19)12-24(21,22)11-14/h4-8,14H,9-12H2,1-3H3. The van der Waals surface area contributed by atoms with Gasteiger partial charge in [-0.15, -0.1) is 0 Å². The van der Waals surface area contributed by atoms with E-state index in [1.807, 2.05) is 30.3 Å². The maximum absolute atomic E-state index is 12.6. The van der Waals surface area contributed by atoms with Crippen molar-refractivity contribution in [2.45, 2.75) is 45.4 Å². The molecule has 1 amide bonds. The van der Waals surface area contributed by atoms with Crippen LogP contribution in [0.4, 0.5) is 4.79 Å². The molecular weight excluding hydrogens is 330 g/mol. The second-order valence-electron chi connectivity index (χ2n) is 7.05. The van der Waals surface area contributed by atoms with Gasteiger partial charge in [-0.1, -0.05) is 30.3 Å². The van der Waals surface area contributed by atoms with Gasteiger partial charge >= 0.3 is 6.09 Å². The van der Waals surface area contributed by atoms with Gasteiger partial charge in [-0.25, -0.2) is 13.2 Å². The Morgan fingerprint density at radius 1 is 1.25 bits per heavy atom. The lowest BCUT2D eigenvalue weighted by Gasteiger charge is -2.35. The molecule has 1 fully saturated rings. The lowest BCUT2D eigenvalue weighted by atomic mass is 10.1. The molecule has 132 valence electrons. The third kappa shape index (κ3) is 5.33. The number of hydrogen-bond acceptors (Lipinski definition) is 5. The quantitative estimate of drug-likeness (QED) is 0.832. The molecule has 0 saturated carbocycles. The van der Waals surface area contributed by atoms with E-state index < -0.39 is 33.3 Å². The topological polar surface area (TPSA) is 80.8 Å². The normalized spacial score (nSPS) is 20.5. The number of benzene rings is 1. The summed E-state index contributed by atoms with van der Waals surface area (Å²) < 4.78 is 29.3. The van der Waals surface area contributed by atoms with Crippen LogP contribution in [0.5, 0.6) is 0 Å². The molecule has 24 heavy (non-hydrogen) atoms. The van der Waals surface area contributed by atoms with E-state index >= 15 is 0 Å². The van der Waals surface area contributed by atoms with Crippen LogP contribution in [0.2, 0.25) is 0 Å². The van der Waals surface area contributed by atoms with Crippen molar-refractivity contribution >= 4 is 21.7 Å². The zero-order valence-electron chi connectivity index (χ0n) is 14.2. The number of Topliss-reactive ketones (excluding diaryl/α,β-unsaturated/α-hetero) is 1. The van der Waals surface area contributed by atoms with Crippen molar-refractivity contribution < 1.29 is 22.7 Å². The van der Waals surface area contributed by atoms with E-state index in [2.05, 4.69) is 0 Å². The van der Waals surface area contributed by atoms with Crippen LogP contribution in [0, 0.1) is 0 Å². The highest BCUT2D eigenvalue weighted by atomic mass is 32.2. The Bertz CT molecular complexity index is 706. The zero-order valence-corrected chi connectivity index (χ0v) is 15.0. The fourth-order valence-corrected chi connectivity index (χ4v) is 4.23. The summed E-state index contributed by atoms with van der Waals surface area (Å²) in [5.41, 5.74) is 0.141. The summed E-state index contributed by atoms with van der Waals surface area (Å²) >= 11 is 0. The molecule has 1 saturated heterocycles. The number of rotatable bonds is 3. The second-order valence-corrected chi connectivity index (χ2v) is 9.15. The third-order valence-electron chi connectivity index (χ3n) is 3.56. The van der Waals surface area contributed by atoms with E-state index in [1.54, 1.807) is 20.8 Å². The summed E-state index contributed by atoms with van der Waals surface area (Å²) in [6.45, 7) is 5.43. The predicted molar refractivity (Wildman–Crippen MR) is 90.3 cm³/mol. The number of amides is 1. The number of carbonyl (C=O) groups excluding carboxylic acids is 2. The number of carbonyl (C=O) groups is 2. The highest BCUT2D eigenvalue weighted by Gasteiger charge is 2.37. The number of sulfone groups is 1. The van der Waals surface area contributed by atoms with Gasteiger partial charge in [-0.2, -0.15) is 0 Å². The second kappa shape index (κ2) is 6.93. The minimum Gasteiger partial charge on any atom is -0.444 e. The van der Waals surface area contributed by atoms with Crippen LogP contribution >= 0.6 is 0 Å². The Morgan fingerprint density at radius 3 is 2.42 bits per heavy atom. The van der Waals surface area contributed by atoms with Crippen molar-refractivity contribution in [3.8, 4) is 0 Å². The summed E-state index contributed by atoms with van der Waals surface area (Å²) in [4.78, 5) is 25.7. The first kappa shape index (κ1) is 18.4. The molecule has 1 heterocycles. The van der Waals surface area contributed by atoms with E-state index in [4.69, 9.17) is 4.74 Å². The third-order valence-corrected chi connectivity index (χ3v) is 5.21. The number of ether oxygens (including phenoxy) is 1. The van der Waals surface area contributed by atoms with Crippen LogP contribution in [-0.4, -0.2) is 48.3 Å². The van der Waals surface area contributed by atoms with E-state index in [1.165, 1.54) is 4.90 Å². The molecule has 0 aromatic heterocycles. The smallest absolute Gasteiger partial charge is 0.410 e. The van der Waals surface area contributed by atoms with Gasteiger partial charge in [0.1, 0.15) is 17.1 Å². The average Bonchev–Trinajstić information content (AvgIpc) is 2.41. The van der Waals surface area contributed by atoms with Gasteiger partial charge in [0.2, 0.25) is 0 Å². The summed E-state index contributed by atoms with van der Waals surface area (Å²) in [6.07, 6.45) is -0.577. The van der Waals surface area contributed by atoms with Crippen molar-refractivity contribution in [2.75, 3.05) is 11.5 Å². The van der Waals surface area contributed by atoms with Crippen LogP contribution in [0.25, 0.3) is 0 Å². The van der Waals surface area contributed by atoms with Crippen LogP contribution in [0.3, 0.4) is 0 Å². The van der Waals surface area contributed by atoms with E-state index in [-0.39, 0.29) is 24.5 Å². The molecule has 0 spiro atoms. The van der Waals surface area contributed by atoms with Crippen molar-refractivity contribution in [2.24, 2.45) is 0 Å². The number of nitrogens with zero attached hydrogens (tertiary/aromatic N) is 1. The largest absolute Gasteiger partial charge is 0.444 e. The highest BCUT2D eigenvalue weighted by Crippen LogP contribution is 2.21. The molecule has 1 aromatic carbocycles. The Kier molecular flexibility index (Phi) is 5.32. The predicted octanol–water partition coefficient (Wildman–Crippen LogP) is 2.18. The maximum Gasteiger partial charge on any atom is 0.410 e.